The van der Waals surface area contributed by atoms with Gasteiger partial charge in [0.2, 0.25) is 5.91 Å². The molecule has 1 saturated carbocycles. The average Bonchev–Trinajstić information content (AvgIpc) is 2.36. The van der Waals surface area contributed by atoms with Crippen LogP contribution in [0.3, 0.4) is 0 Å². The largest absolute Gasteiger partial charge is 0.395 e. The molecule has 1 fully saturated rings. The molecule has 1 aliphatic rings. The maximum atomic E-state index is 12.3. The number of halogens is 2. The first-order chi connectivity index (χ1) is 8.63. The third kappa shape index (κ3) is 5.76. The van der Waals surface area contributed by atoms with Crippen LogP contribution in [0.25, 0.3) is 0 Å². The monoisotopic (exact) mass is 263 g/mol. The molecule has 0 aromatic heterocycles. The van der Waals surface area contributed by atoms with Gasteiger partial charge in [-0.15, -0.1) is 0 Å². The summed E-state index contributed by atoms with van der Waals surface area (Å²) in [5.41, 5.74) is 0. The Balaban J connectivity index is 2.30. The van der Waals surface area contributed by atoms with Crippen molar-refractivity contribution in [3.05, 3.63) is 0 Å². The van der Waals surface area contributed by atoms with E-state index in [0.717, 1.165) is 24.2 Å². The number of nitrogens with zero attached hydrogens (tertiary/aromatic N) is 1. The first-order valence-corrected chi connectivity index (χ1v) is 6.80. The first kappa shape index (κ1) is 15.3. The lowest BCUT2D eigenvalue weighted by Gasteiger charge is -2.24. The molecule has 18 heavy (non-hydrogen) atoms. The molecule has 0 saturated heterocycles. The molecule has 0 aliphatic heterocycles. The predicted octanol–water partition coefficient (Wildman–Crippen LogP) is 2.43. The highest BCUT2D eigenvalue weighted by molar-refractivity contribution is 5.76. The molecule has 1 N–H and O–H groups in total. The zero-order valence-electron chi connectivity index (χ0n) is 10.8. The Hall–Kier alpha value is -0.710. The Morgan fingerprint density at radius 1 is 1.28 bits per heavy atom. The Bertz CT molecular complexity index is 243. The molecule has 3 nitrogen and oxygen atoms in total. The fourth-order valence-corrected chi connectivity index (χ4v) is 2.57. The van der Waals surface area contributed by atoms with Crippen molar-refractivity contribution in [3.8, 4) is 0 Å². The van der Waals surface area contributed by atoms with E-state index < -0.39 is 13.0 Å². The quantitative estimate of drug-likeness (QED) is 0.766. The van der Waals surface area contributed by atoms with Crippen LogP contribution >= 0.6 is 0 Å². The summed E-state index contributed by atoms with van der Waals surface area (Å²) in [5.74, 6) is 0.320. The SMILES string of the molecule is O=C(CCC1CCCCC1)N(CCO)CC(F)F. The van der Waals surface area contributed by atoms with Gasteiger partial charge in [0.05, 0.1) is 13.2 Å². The van der Waals surface area contributed by atoms with Gasteiger partial charge in [-0.1, -0.05) is 32.1 Å². The van der Waals surface area contributed by atoms with Crippen molar-refractivity contribution in [2.75, 3.05) is 19.7 Å². The van der Waals surface area contributed by atoms with Gasteiger partial charge in [0.1, 0.15) is 0 Å². The summed E-state index contributed by atoms with van der Waals surface area (Å²) in [6.45, 7) is -0.820. The third-order valence-electron chi connectivity index (χ3n) is 3.57. The average molecular weight is 263 g/mol. The zero-order valence-corrected chi connectivity index (χ0v) is 10.8. The number of hydrogen-bond donors (Lipinski definition) is 1. The van der Waals surface area contributed by atoms with Crippen LogP contribution in [0.2, 0.25) is 0 Å². The van der Waals surface area contributed by atoms with Crippen molar-refractivity contribution in [3.63, 3.8) is 0 Å². The highest BCUT2D eigenvalue weighted by Gasteiger charge is 2.20. The van der Waals surface area contributed by atoms with Gasteiger partial charge < -0.3 is 10.0 Å². The molecule has 0 bridgehead atoms. The van der Waals surface area contributed by atoms with Crippen molar-refractivity contribution in [2.45, 2.75) is 51.4 Å². The Kier molecular flexibility index (Phi) is 7.16. The van der Waals surface area contributed by atoms with E-state index >= 15 is 0 Å². The molecule has 1 amide bonds. The van der Waals surface area contributed by atoms with E-state index in [-0.39, 0.29) is 19.1 Å². The number of aliphatic hydroxyl groups is 1. The minimum atomic E-state index is -2.53. The molecule has 0 spiro atoms. The van der Waals surface area contributed by atoms with Crippen molar-refractivity contribution >= 4 is 5.91 Å². The smallest absolute Gasteiger partial charge is 0.255 e. The normalized spacial score (nSPS) is 17.1. The number of rotatable bonds is 7. The number of carbonyl (C=O) groups is 1. The molecular formula is C13H23F2NO2. The lowest BCUT2D eigenvalue weighted by Crippen LogP contribution is -2.37. The van der Waals surface area contributed by atoms with E-state index in [1.807, 2.05) is 0 Å². The van der Waals surface area contributed by atoms with Crippen LogP contribution in [-0.4, -0.2) is 42.0 Å². The highest BCUT2D eigenvalue weighted by Crippen LogP contribution is 2.27. The maximum Gasteiger partial charge on any atom is 0.255 e. The minimum Gasteiger partial charge on any atom is -0.395 e. The van der Waals surface area contributed by atoms with E-state index in [9.17, 15) is 13.6 Å². The second kappa shape index (κ2) is 8.40. The molecule has 1 aliphatic carbocycles. The van der Waals surface area contributed by atoms with Crippen molar-refractivity contribution < 1.29 is 18.7 Å². The predicted molar refractivity (Wildman–Crippen MR) is 65.5 cm³/mol. The maximum absolute atomic E-state index is 12.3. The number of hydrogen-bond acceptors (Lipinski definition) is 2. The van der Waals surface area contributed by atoms with Gasteiger partial charge in [0.15, 0.2) is 0 Å². The second-order valence-electron chi connectivity index (χ2n) is 5.00. The summed E-state index contributed by atoms with van der Waals surface area (Å²) < 4.78 is 24.6. The summed E-state index contributed by atoms with van der Waals surface area (Å²) in [6.07, 6.45) is 4.61. The van der Waals surface area contributed by atoms with Gasteiger partial charge in [-0.2, -0.15) is 0 Å². The standard InChI is InChI=1S/C13H23F2NO2/c14-12(15)10-16(8-9-17)13(18)7-6-11-4-2-1-3-5-11/h11-12,17H,1-10H2. The molecule has 0 aromatic carbocycles. The van der Waals surface area contributed by atoms with Crippen LogP contribution in [0, 0.1) is 5.92 Å². The Morgan fingerprint density at radius 3 is 2.50 bits per heavy atom. The fraction of sp³-hybridized carbons (Fsp3) is 0.923. The van der Waals surface area contributed by atoms with E-state index in [1.54, 1.807) is 0 Å². The van der Waals surface area contributed by atoms with Crippen LogP contribution in [-0.2, 0) is 4.79 Å². The van der Waals surface area contributed by atoms with E-state index in [2.05, 4.69) is 0 Å². The molecular weight excluding hydrogens is 240 g/mol. The molecule has 0 atom stereocenters. The number of aliphatic hydroxyl groups excluding tert-OH is 1. The van der Waals surface area contributed by atoms with Crippen molar-refractivity contribution in [1.82, 2.24) is 4.90 Å². The lowest BCUT2D eigenvalue weighted by atomic mass is 9.86. The van der Waals surface area contributed by atoms with Crippen molar-refractivity contribution in [1.29, 1.82) is 0 Å². The highest BCUT2D eigenvalue weighted by atomic mass is 19.3. The number of alkyl halides is 2. The topological polar surface area (TPSA) is 40.5 Å². The summed E-state index contributed by atoms with van der Waals surface area (Å²) in [5, 5.41) is 8.78. The van der Waals surface area contributed by atoms with Crippen LogP contribution in [0.15, 0.2) is 0 Å². The van der Waals surface area contributed by atoms with Crippen LogP contribution in [0.4, 0.5) is 8.78 Å². The second-order valence-corrected chi connectivity index (χ2v) is 5.00. The van der Waals surface area contributed by atoms with Crippen molar-refractivity contribution in [2.24, 2.45) is 5.92 Å². The van der Waals surface area contributed by atoms with Gasteiger partial charge in [0.25, 0.3) is 6.43 Å². The van der Waals surface area contributed by atoms with Gasteiger partial charge in [-0.05, 0) is 12.3 Å². The number of carbonyl (C=O) groups excluding carboxylic acids is 1. The molecule has 0 aromatic rings. The first-order valence-electron chi connectivity index (χ1n) is 6.80. The molecule has 106 valence electrons. The van der Waals surface area contributed by atoms with Crippen LogP contribution in [0.1, 0.15) is 44.9 Å². The molecule has 1 rings (SSSR count). The summed E-state index contributed by atoms with van der Waals surface area (Å²) >= 11 is 0. The van der Waals surface area contributed by atoms with Crippen LogP contribution < -0.4 is 0 Å². The molecule has 0 heterocycles. The lowest BCUT2D eigenvalue weighted by molar-refractivity contribution is -0.134. The fourth-order valence-electron chi connectivity index (χ4n) is 2.57. The van der Waals surface area contributed by atoms with Gasteiger partial charge in [-0.25, -0.2) is 8.78 Å². The van der Waals surface area contributed by atoms with E-state index in [0.29, 0.717) is 12.3 Å². The molecule has 5 heteroatoms. The molecule has 0 unspecified atom stereocenters. The Morgan fingerprint density at radius 2 is 1.94 bits per heavy atom. The van der Waals surface area contributed by atoms with Gasteiger partial charge in [-0.3, -0.25) is 4.79 Å². The van der Waals surface area contributed by atoms with E-state index in [4.69, 9.17) is 5.11 Å². The summed E-state index contributed by atoms with van der Waals surface area (Å²) in [6, 6.07) is 0. The minimum absolute atomic E-state index is 0.00778. The Labute approximate surface area is 107 Å². The van der Waals surface area contributed by atoms with Crippen LogP contribution in [0.5, 0.6) is 0 Å². The number of amides is 1. The van der Waals surface area contributed by atoms with E-state index in [1.165, 1.54) is 19.3 Å². The summed E-state index contributed by atoms with van der Waals surface area (Å²) in [7, 11) is 0. The molecule has 0 radical (unpaired) electrons. The third-order valence-corrected chi connectivity index (χ3v) is 3.57. The summed E-state index contributed by atoms with van der Waals surface area (Å²) in [4.78, 5) is 12.9. The van der Waals surface area contributed by atoms with Gasteiger partial charge >= 0.3 is 0 Å². The van der Waals surface area contributed by atoms with Gasteiger partial charge in [0, 0.05) is 13.0 Å². The zero-order chi connectivity index (χ0) is 13.4.